The molecule has 16 heavy (non-hydrogen) atoms. The van der Waals surface area contributed by atoms with Gasteiger partial charge in [0.2, 0.25) is 5.91 Å². The number of carbonyl (C=O) groups is 2. The molecule has 0 bridgehead atoms. The van der Waals surface area contributed by atoms with E-state index in [1.54, 1.807) is 6.07 Å². The Morgan fingerprint density at radius 3 is 2.88 bits per heavy atom. The summed E-state index contributed by atoms with van der Waals surface area (Å²) >= 11 is 0. The number of hydrogen-bond acceptors (Lipinski definition) is 4. The molecule has 1 amide bonds. The number of nitrogens with zero attached hydrogens (tertiary/aromatic N) is 2. The van der Waals surface area contributed by atoms with Gasteiger partial charge in [0, 0.05) is 13.1 Å². The molecule has 0 unspecified atom stereocenters. The molecule has 0 atom stereocenters. The molecule has 1 aliphatic rings. The van der Waals surface area contributed by atoms with Gasteiger partial charge < -0.3 is 15.3 Å². The quantitative estimate of drug-likeness (QED) is 0.717. The molecule has 1 fully saturated rings. The van der Waals surface area contributed by atoms with Crippen LogP contribution in [0.4, 0.5) is 5.69 Å². The first-order chi connectivity index (χ1) is 7.66. The molecule has 2 heterocycles. The van der Waals surface area contributed by atoms with Crippen molar-refractivity contribution in [3.8, 4) is 0 Å². The zero-order valence-corrected chi connectivity index (χ0v) is 8.51. The average molecular weight is 221 g/mol. The predicted molar refractivity (Wildman–Crippen MR) is 56.4 cm³/mol. The van der Waals surface area contributed by atoms with E-state index in [0.717, 1.165) is 5.69 Å². The predicted octanol–water partition coefficient (Wildman–Crippen LogP) is -0.284. The van der Waals surface area contributed by atoms with E-state index >= 15 is 0 Å². The van der Waals surface area contributed by atoms with Gasteiger partial charge in [0.05, 0.1) is 18.4 Å². The molecule has 84 valence electrons. The van der Waals surface area contributed by atoms with Crippen molar-refractivity contribution in [1.29, 1.82) is 0 Å². The Balaban J connectivity index is 2.14. The van der Waals surface area contributed by atoms with E-state index < -0.39 is 5.97 Å². The van der Waals surface area contributed by atoms with Crippen molar-refractivity contribution in [3.05, 3.63) is 24.0 Å². The third-order valence-electron chi connectivity index (χ3n) is 2.37. The normalized spacial score (nSPS) is 15.8. The summed E-state index contributed by atoms with van der Waals surface area (Å²) in [6.07, 6.45) is 1.47. The van der Waals surface area contributed by atoms with Crippen LogP contribution in [0.25, 0.3) is 0 Å². The number of rotatable bonds is 2. The molecule has 2 N–H and O–H groups in total. The summed E-state index contributed by atoms with van der Waals surface area (Å²) in [6, 6.07) is 3.10. The summed E-state index contributed by atoms with van der Waals surface area (Å²) in [6.45, 7) is 1.59. The lowest BCUT2D eigenvalue weighted by Gasteiger charge is -2.28. The summed E-state index contributed by atoms with van der Waals surface area (Å²) in [7, 11) is 0. The lowest BCUT2D eigenvalue weighted by Crippen LogP contribution is -2.47. The largest absolute Gasteiger partial charge is 0.477 e. The highest BCUT2D eigenvalue weighted by Gasteiger charge is 2.16. The van der Waals surface area contributed by atoms with Gasteiger partial charge >= 0.3 is 5.97 Å². The van der Waals surface area contributed by atoms with E-state index in [1.807, 2.05) is 4.90 Å². The highest BCUT2D eigenvalue weighted by molar-refractivity contribution is 5.86. The van der Waals surface area contributed by atoms with Crippen molar-refractivity contribution in [2.75, 3.05) is 24.5 Å². The number of piperazine rings is 1. The van der Waals surface area contributed by atoms with Crippen molar-refractivity contribution < 1.29 is 14.7 Å². The van der Waals surface area contributed by atoms with Crippen molar-refractivity contribution >= 4 is 17.6 Å². The van der Waals surface area contributed by atoms with Crippen LogP contribution >= 0.6 is 0 Å². The number of carbonyl (C=O) groups excluding carboxylic acids is 1. The van der Waals surface area contributed by atoms with Crippen molar-refractivity contribution in [2.24, 2.45) is 0 Å². The molecule has 0 radical (unpaired) electrons. The second-order valence-electron chi connectivity index (χ2n) is 3.48. The van der Waals surface area contributed by atoms with Gasteiger partial charge in [0.15, 0.2) is 0 Å². The fraction of sp³-hybridized carbons (Fsp3) is 0.300. The van der Waals surface area contributed by atoms with E-state index in [4.69, 9.17) is 5.11 Å². The number of pyridine rings is 1. The van der Waals surface area contributed by atoms with E-state index in [2.05, 4.69) is 10.3 Å². The van der Waals surface area contributed by atoms with Crippen LogP contribution in [0.3, 0.4) is 0 Å². The maximum atomic E-state index is 11.2. The first kappa shape index (κ1) is 10.4. The molecule has 1 saturated heterocycles. The van der Waals surface area contributed by atoms with Crippen LogP contribution in [0.15, 0.2) is 18.3 Å². The van der Waals surface area contributed by atoms with Crippen molar-refractivity contribution in [3.63, 3.8) is 0 Å². The molecule has 0 aliphatic carbocycles. The number of carboxylic acid groups (broad SMARTS) is 1. The Kier molecular flexibility index (Phi) is 2.72. The minimum Gasteiger partial charge on any atom is -0.477 e. The molecule has 6 nitrogen and oxygen atoms in total. The summed E-state index contributed by atoms with van der Waals surface area (Å²) in [4.78, 5) is 27.4. The van der Waals surface area contributed by atoms with Crippen LogP contribution in [0, 0.1) is 0 Å². The second-order valence-corrected chi connectivity index (χ2v) is 3.48. The monoisotopic (exact) mass is 221 g/mol. The zero-order valence-electron chi connectivity index (χ0n) is 8.51. The second kappa shape index (κ2) is 4.18. The number of aromatic carboxylic acids is 1. The number of carboxylic acids is 1. The molecule has 0 aromatic carbocycles. The van der Waals surface area contributed by atoms with Gasteiger partial charge in [-0.3, -0.25) is 4.79 Å². The van der Waals surface area contributed by atoms with Crippen molar-refractivity contribution in [1.82, 2.24) is 10.3 Å². The Morgan fingerprint density at radius 2 is 2.31 bits per heavy atom. The molecule has 0 saturated carbocycles. The van der Waals surface area contributed by atoms with Crippen LogP contribution in [0.2, 0.25) is 0 Å². The highest BCUT2D eigenvalue weighted by atomic mass is 16.4. The van der Waals surface area contributed by atoms with E-state index in [1.165, 1.54) is 12.3 Å². The molecule has 1 aromatic rings. The minimum absolute atomic E-state index is 0.00482. The standard InChI is InChI=1S/C10H11N3O3/c14-9-6-13(4-3-11-9)7-1-2-8(10(15)16)12-5-7/h1-2,5H,3-4,6H2,(H,11,14)(H,15,16). The SMILES string of the molecule is O=C1CN(c2ccc(C(=O)O)nc2)CCN1. The summed E-state index contributed by atoms with van der Waals surface area (Å²) in [5, 5.41) is 11.4. The highest BCUT2D eigenvalue weighted by Crippen LogP contribution is 2.13. The number of aromatic nitrogens is 1. The van der Waals surface area contributed by atoms with Gasteiger partial charge in [-0.15, -0.1) is 0 Å². The van der Waals surface area contributed by atoms with Crippen LogP contribution in [0.1, 0.15) is 10.5 Å². The first-order valence-corrected chi connectivity index (χ1v) is 4.88. The number of hydrogen-bond donors (Lipinski definition) is 2. The topological polar surface area (TPSA) is 82.5 Å². The Hall–Kier alpha value is -2.11. The van der Waals surface area contributed by atoms with Gasteiger partial charge in [0.25, 0.3) is 0 Å². The van der Waals surface area contributed by atoms with Gasteiger partial charge in [-0.1, -0.05) is 0 Å². The number of nitrogens with one attached hydrogen (secondary N) is 1. The van der Waals surface area contributed by atoms with Crippen LogP contribution in [0.5, 0.6) is 0 Å². The molecule has 0 spiro atoms. The van der Waals surface area contributed by atoms with Crippen LogP contribution in [-0.4, -0.2) is 41.6 Å². The summed E-state index contributed by atoms with van der Waals surface area (Å²) in [5.41, 5.74) is 0.769. The fourth-order valence-corrected chi connectivity index (χ4v) is 1.56. The summed E-state index contributed by atoms with van der Waals surface area (Å²) in [5.74, 6) is -1.09. The Morgan fingerprint density at radius 1 is 1.50 bits per heavy atom. The van der Waals surface area contributed by atoms with E-state index in [-0.39, 0.29) is 18.1 Å². The molecular weight excluding hydrogens is 210 g/mol. The smallest absolute Gasteiger partial charge is 0.354 e. The molecule has 1 aliphatic heterocycles. The van der Waals surface area contributed by atoms with Crippen molar-refractivity contribution in [2.45, 2.75) is 0 Å². The van der Waals surface area contributed by atoms with Gasteiger partial charge in [-0.05, 0) is 12.1 Å². The van der Waals surface area contributed by atoms with Crippen LogP contribution in [-0.2, 0) is 4.79 Å². The lowest BCUT2D eigenvalue weighted by atomic mass is 10.2. The third-order valence-corrected chi connectivity index (χ3v) is 2.37. The Labute approximate surface area is 91.9 Å². The molecule has 1 aromatic heterocycles. The van der Waals surface area contributed by atoms with Crippen LogP contribution < -0.4 is 10.2 Å². The van der Waals surface area contributed by atoms with E-state index in [9.17, 15) is 9.59 Å². The van der Waals surface area contributed by atoms with E-state index in [0.29, 0.717) is 13.1 Å². The maximum Gasteiger partial charge on any atom is 0.354 e. The molecule has 2 rings (SSSR count). The average Bonchev–Trinajstić information content (AvgIpc) is 2.29. The zero-order chi connectivity index (χ0) is 11.5. The maximum absolute atomic E-state index is 11.2. The van der Waals surface area contributed by atoms with Gasteiger partial charge in [0.1, 0.15) is 5.69 Å². The molecular formula is C10H11N3O3. The Bertz CT molecular complexity index is 416. The minimum atomic E-state index is -1.05. The first-order valence-electron chi connectivity index (χ1n) is 4.88. The third kappa shape index (κ3) is 2.10. The summed E-state index contributed by atoms with van der Waals surface area (Å²) < 4.78 is 0. The van der Waals surface area contributed by atoms with Gasteiger partial charge in [-0.2, -0.15) is 0 Å². The lowest BCUT2D eigenvalue weighted by molar-refractivity contribution is -0.120. The molecule has 6 heteroatoms. The number of anilines is 1. The number of amides is 1. The fourth-order valence-electron chi connectivity index (χ4n) is 1.56. The van der Waals surface area contributed by atoms with Gasteiger partial charge in [-0.25, -0.2) is 9.78 Å².